The van der Waals surface area contributed by atoms with E-state index in [1.165, 1.54) is 21.3 Å². The summed E-state index contributed by atoms with van der Waals surface area (Å²) in [5.74, 6) is -7.19. The van der Waals surface area contributed by atoms with Gasteiger partial charge in [-0.25, -0.2) is 9.59 Å². The molecule has 8 N–H and O–H groups in total. The minimum absolute atomic E-state index is 0. The van der Waals surface area contributed by atoms with E-state index >= 15 is 0 Å². The van der Waals surface area contributed by atoms with Crippen LogP contribution in [0.2, 0.25) is 0 Å². The fourth-order valence-corrected chi connectivity index (χ4v) is 1.70. The molecule has 13 heteroatoms. The highest BCUT2D eigenvalue weighted by Gasteiger charge is 2.72. The number of aliphatic hydroxyl groups is 2. The second-order valence-electron chi connectivity index (χ2n) is 3.90. The van der Waals surface area contributed by atoms with Crippen molar-refractivity contribution in [1.29, 1.82) is 0 Å². The number of rotatable bonds is 1. The summed E-state index contributed by atoms with van der Waals surface area (Å²) < 4.78 is 0. The first-order chi connectivity index (χ1) is 9.13. The summed E-state index contributed by atoms with van der Waals surface area (Å²) in [6, 6.07) is -2.64. The Hall–Kier alpha value is -2.90. The van der Waals surface area contributed by atoms with Crippen LogP contribution in [-0.2, 0) is 19.2 Å². The molecule has 0 saturated carbocycles. The molecule has 0 aromatic heterocycles. The zero-order valence-electron chi connectivity index (χ0n) is 9.84. The molecule has 2 aliphatic rings. The SMILES string of the molecule is O.O=C1NC(=O)C(O)(C2(O)C(=O)NC(=O)NC2=O)C(=O)N1. The van der Waals surface area contributed by atoms with E-state index in [4.69, 9.17) is 0 Å². The van der Waals surface area contributed by atoms with Crippen LogP contribution in [-0.4, -0.2) is 62.6 Å². The number of carbonyl (C=O) groups is 6. The molecule has 0 radical (unpaired) electrons. The van der Waals surface area contributed by atoms with E-state index in [-0.39, 0.29) is 5.48 Å². The van der Waals surface area contributed by atoms with E-state index in [1.807, 2.05) is 0 Å². The molecular formula is C8H8N4O9. The number of imide groups is 4. The maximum absolute atomic E-state index is 11.6. The average Bonchev–Trinajstić information content (AvgIpc) is 2.32. The smallest absolute Gasteiger partial charge is 0.328 e. The number of amides is 8. The van der Waals surface area contributed by atoms with Gasteiger partial charge in [-0.3, -0.25) is 40.4 Å². The van der Waals surface area contributed by atoms with Gasteiger partial charge in [-0.1, -0.05) is 0 Å². The lowest BCUT2D eigenvalue weighted by Crippen LogP contribution is -2.84. The predicted molar refractivity (Wildman–Crippen MR) is 56.9 cm³/mol. The number of urea groups is 2. The van der Waals surface area contributed by atoms with Gasteiger partial charge in [-0.05, 0) is 0 Å². The van der Waals surface area contributed by atoms with Crippen LogP contribution in [0.5, 0.6) is 0 Å². The molecule has 2 fully saturated rings. The summed E-state index contributed by atoms with van der Waals surface area (Å²) in [5.41, 5.74) is -7.26. The lowest BCUT2D eigenvalue weighted by atomic mass is 9.77. The Bertz CT molecular complexity index is 505. The van der Waals surface area contributed by atoms with E-state index in [2.05, 4.69) is 0 Å². The lowest BCUT2D eigenvalue weighted by molar-refractivity contribution is -0.195. The molecule has 2 rings (SSSR count). The Balaban J connectivity index is 0.00000220. The Morgan fingerprint density at radius 1 is 0.571 bits per heavy atom. The summed E-state index contributed by atoms with van der Waals surface area (Å²) in [5, 5.41) is 25.6. The van der Waals surface area contributed by atoms with Crippen molar-refractivity contribution in [2.45, 2.75) is 11.2 Å². The van der Waals surface area contributed by atoms with Gasteiger partial charge in [0.2, 0.25) is 0 Å². The zero-order chi connectivity index (χ0) is 15.3. The van der Waals surface area contributed by atoms with Crippen molar-refractivity contribution < 1.29 is 44.5 Å². The van der Waals surface area contributed by atoms with Crippen LogP contribution in [0.15, 0.2) is 0 Å². The molecule has 8 amide bonds. The zero-order valence-corrected chi connectivity index (χ0v) is 9.84. The molecule has 0 aromatic carbocycles. The molecular weight excluding hydrogens is 296 g/mol. The number of hydrogen-bond acceptors (Lipinski definition) is 8. The van der Waals surface area contributed by atoms with E-state index < -0.39 is 46.9 Å². The number of carbonyl (C=O) groups excluding carboxylic acids is 6. The third-order valence-electron chi connectivity index (χ3n) is 2.75. The van der Waals surface area contributed by atoms with Crippen LogP contribution >= 0.6 is 0 Å². The van der Waals surface area contributed by atoms with Crippen LogP contribution in [0.25, 0.3) is 0 Å². The van der Waals surface area contributed by atoms with Gasteiger partial charge in [0.05, 0.1) is 0 Å². The second-order valence-corrected chi connectivity index (χ2v) is 3.90. The molecule has 21 heavy (non-hydrogen) atoms. The highest BCUT2D eigenvalue weighted by molar-refractivity contribution is 6.33. The fraction of sp³-hybridized carbons (Fsp3) is 0.250. The second kappa shape index (κ2) is 4.58. The average molecular weight is 304 g/mol. The van der Waals surface area contributed by atoms with Crippen molar-refractivity contribution in [2.75, 3.05) is 0 Å². The van der Waals surface area contributed by atoms with Crippen LogP contribution in [0.1, 0.15) is 0 Å². The van der Waals surface area contributed by atoms with Crippen molar-refractivity contribution in [2.24, 2.45) is 0 Å². The van der Waals surface area contributed by atoms with Gasteiger partial charge in [-0.15, -0.1) is 0 Å². The Morgan fingerprint density at radius 3 is 0.952 bits per heavy atom. The Kier molecular flexibility index (Phi) is 3.53. The molecule has 0 bridgehead atoms. The monoisotopic (exact) mass is 304 g/mol. The molecule has 0 aliphatic carbocycles. The molecule has 13 nitrogen and oxygen atoms in total. The highest BCUT2D eigenvalue weighted by atomic mass is 16.4. The van der Waals surface area contributed by atoms with E-state index in [0.717, 1.165) is 0 Å². The summed E-state index contributed by atoms with van der Waals surface area (Å²) >= 11 is 0. The molecule has 0 atom stereocenters. The maximum atomic E-state index is 11.6. The van der Waals surface area contributed by atoms with Crippen molar-refractivity contribution in [3.8, 4) is 0 Å². The largest absolute Gasteiger partial charge is 0.412 e. The molecule has 0 unspecified atom stereocenters. The standard InChI is InChI=1S/C8H6N4O8.H2O/c13-1-7(19,2(14)10-5(17)9-1)8(20)3(15)11-6(18)12-4(8)16;/h19-20H,(H2,9,10,13,14,17)(H2,11,12,15,16,18);1H2. The van der Waals surface area contributed by atoms with Gasteiger partial charge in [0.25, 0.3) is 34.8 Å². The van der Waals surface area contributed by atoms with Crippen LogP contribution in [0.3, 0.4) is 0 Å². The maximum Gasteiger partial charge on any atom is 0.328 e. The number of hydrogen-bond donors (Lipinski definition) is 6. The van der Waals surface area contributed by atoms with Crippen LogP contribution in [0, 0.1) is 0 Å². The lowest BCUT2D eigenvalue weighted by Gasteiger charge is -2.40. The quantitative estimate of drug-likeness (QED) is 0.255. The molecule has 2 aliphatic heterocycles. The Morgan fingerprint density at radius 2 is 0.762 bits per heavy atom. The fourth-order valence-electron chi connectivity index (χ4n) is 1.70. The predicted octanol–water partition coefficient (Wildman–Crippen LogP) is -5.64. The van der Waals surface area contributed by atoms with Gasteiger partial charge in [0.1, 0.15) is 0 Å². The Labute approximate surface area is 114 Å². The first-order valence-electron chi connectivity index (χ1n) is 4.92. The molecule has 2 heterocycles. The van der Waals surface area contributed by atoms with Crippen molar-refractivity contribution in [3.05, 3.63) is 0 Å². The normalized spacial score (nSPS) is 23.3. The summed E-state index contributed by atoms with van der Waals surface area (Å²) in [6.07, 6.45) is 0. The third-order valence-corrected chi connectivity index (χ3v) is 2.75. The van der Waals surface area contributed by atoms with E-state index in [9.17, 15) is 39.0 Å². The molecule has 114 valence electrons. The third kappa shape index (κ3) is 1.83. The summed E-state index contributed by atoms with van der Waals surface area (Å²) in [4.78, 5) is 68.0. The van der Waals surface area contributed by atoms with E-state index in [0.29, 0.717) is 0 Å². The minimum atomic E-state index is -3.63. The van der Waals surface area contributed by atoms with Crippen molar-refractivity contribution >= 4 is 35.7 Å². The van der Waals surface area contributed by atoms with Gasteiger partial charge >= 0.3 is 12.1 Å². The van der Waals surface area contributed by atoms with Crippen molar-refractivity contribution in [1.82, 2.24) is 21.3 Å². The summed E-state index contributed by atoms with van der Waals surface area (Å²) in [6.45, 7) is 0. The number of nitrogens with one attached hydrogen (secondary N) is 4. The minimum Gasteiger partial charge on any atom is -0.412 e. The number of barbiturate groups is 2. The van der Waals surface area contributed by atoms with Gasteiger partial charge in [0.15, 0.2) is 0 Å². The first-order valence-corrected chi connectivity index (χ1v) is 4.92. The van der Waals surface area contributed by atoms with E-state index in [1.54, 1.807) is 0 Å². The first kappa shape index (κ1) is 16.2. The molecule has 2 saturated heterocycles. The van der Waals surface area contributed by atoms with Gasteiger partial charge < -0.3 is 15.7 Å². The van der Waals surface area contributed by atoms with Crippen LogP contribution in [0.4, 0.5) is 9.59 Å². The van der Waals surface area contributed by atoms with Gasteiger partial charge in [0, 0.05) is 0 Å². The molecule has 0 aromatic rings. The van der Waals surface area contributed by atoms with Gasteiger partial charge in [-0.2, -0.15) is 0 Å². The highest BCUT2D eigenvalue weighted by Crippen LogP contribution is 2.27. The summed E-state index contributed by atoms with van der Waals surface area (Å²) in [7, 11) is 0. The molecule has 0 spiro atoms. The van der Waals surface area contributed by atoms with Crippen molar-refractivity contribution in [3.63, 3.8) is 0 Å². The topological polar surface area (TPSA) is 222 Å². The van der Waals surface area contributed by atoms with Crippen LogP contribution < -0.4 is 21.3 Å².